The standard InChI is InChI=1S/C16H22ClNO2/c1-16(2,3)20-15(19)9-12(10-4-5-10)11-6-7-13(17)14(18)8-11/h6-8,10,12H,4-5,9,18H2,1-3H3/t12-/m1/s1. The van der Waals surface area contributed by atoms with Gasteiger partial charge in [0.25, 0.3) is 0 Å². The van der Waals surface area contributed by atoms with Crippen molar-refractivity contribution in [3.05, 3.63) is 28.8 Å². The lowest BCUT2D eigenvalue weighted by Gasteiger charge is -2.22. The monoisotopic (exact) mass is 295 g/mol. The van der Waals surface area contributed by atoms with E-state index in [0.717, 1.165) is 18.4 Å². The van der Waals surface area contributed by atoms with Crippen LogP contribution in [0.2, 0.25) is 5.02 Å². The van der Waals surface area contributed by atoms with Gasteiger partial charge in [0.1, 0.15) is 5.60 Å². The summed E-state index contributed by atoms with van der Waals surface area (Å²) in [5, 5.41) is 0.556. The zero-order valence-electron chi connectivity index (χ0n) is 12.3. The van der Waals surface area contributed by atoms with Crippen LogP contribution in [0.4, 0.5) is 5.69 Å². The molecular formula is C16H22ClNO2. The van der Waals surface area contributed by atoms with Gasteiger partial charge in [-0.25, -0.2) is 0 Å². The van der Waals surface area contributed by atoms with Gasteiger partial charge < -0.3 is 10.5 Å². The van der Waals surface area contributed by atoms with Crippen LogP contribution in [-0.2, 0) is 9.53 Å². The molecule has 0 radical (unpaired) electrons. The number of hydrogen-bond donors (Lipinski definition) is 1. The summed E-state index contributed by atoms with van der Waals surface area (Å²) in [5.74, 6) is 0.593. The predicted octanol–water partition coefficient (Wildman–Crippen LogP) is 4.15. The lowest BCUT2D eigenvalue weighted by Crippen LogP contribution is -2.25. The van der Waals surface area contributed by atoms with E-state index in [2.05, 4.69) is 0 Å². The van der Waals surface area contributed by atoms with Gasteiger partial charge in [0.2, 0.25) is 0 Å². The van der Waals surface area contributed by atoms with E-state index in [1.807, 2.05) is 32.9 Å². The summed E-state index contributed by atoms with van der Waals surface area (Å²) in [6.45, 7) is 5.66. The number of nitrogens with two attached hydrogens (primary N) is 1. The number of rotatable bonds is 4. The summed E-state index contributed by atoms with van der Waals surface area (Å²) < 4.78 is 5.43. The zero-order valence-corrected chi connectivity index (χ0v) is 13.0. The number of benzene rings is 1. The minimum Gasteiger partial charge on any atom is -0.460 e. The number of nitrogen functional groups attached to an aromatic ring is 1. The fourth-order valence-corrected chi connectivity index (χ4v) is 2.53. The van der Waals surface area contributed by atoms with Gasteiger partial charge in [0.15, 0.2) is 0 Å². The molecule has 1 fully saturated rings. The maximum absolute atomic E-state index is 12.0. The number of esters is 1. The SMILES string of the molecule is CC(C)(C)OC(=O)C[C@@H](c1ccc(Cl)c(N)c1)C1CC1. The van der Waals surface area contributed by atoms with Crippen LogP contribution in [0, 0.1) is 5.92 Å². The lowest BCUT2D eigenvalue weighted by molar-refractivity contribution is -0.155. The molecule has 0 heterocycles. The molecule has 0 bridgehead atoms. The Morgan fingerprint density at radius 2 is 2.10 bits per heavy atom. The minimum atomic E-state index is -0.440. The third-order valence-electron chi connectivity index (χ3n) is 3.45. The number of anilines is 1. The summed E-state index contributed by atoms with van der Waals surface area (Å²) in [7, 11) is 0. The van der Waals surface area contributed by atoms with Crippen molar-refractivity contribution in [3.8, 4) is 0 Å². The van der Waals surface area contributed by atoms with Gasteiger partial charge in [-0.1, -0.05) is 17.7 Å². The molecule has 1 saturated carbocycles. The van der Waals surface area contributed by atoms with E-state index in [9.17, 15) is 4.79 Å². The molecule has 0 spiro atoms. The summed E-state index contributed by atoms with van der Waals surface area (Å²) in [6, 6.07) is 5.65. The van der Waals surface area contributed by atoms with Crippen molar-refractivity contribution >= 4 is 23.3 Å². The fraction of sp³-hybridized carbons (Fsp3) is 0.562. The van der Waals surface area contributed by atoms with Crippen molar-refractivity contribution in [1.29, 1.82) is 0 Å². The molecule has 1 aromatic carbocycles. The molecule has 2 N–H and O–H groups in total. The molecule has 2 rings (SSSR count). The maximum atomic E-state index is 12.0. The molecule has 1 aliphatic rings. The number of halogens is 1. The molecule has 20 heavy (non-hydrogen) atoms. The zero-order chi connectivity index (χ0) is 14.9. The molecule has 0 aliphatic heterocycles. The van der Waals surface area contributed by atoms with Gasteiger partial charge >= 0.3 is 5.97 Å². The summed E-state index contributed by atoms with van der Waals surface area (Å²) in [4.78, 5) is 12.0. The summed E-state index contributed by atoms with van der Waals surface area (Å²) in [6.07, 6.45) is 2.73. The van der Waals surface area contributed by atoms with Gasteiger partial charge in [-0.3, -0.25) is 4.79 Å². The van der Waals surface area contributed by atoms with Gasteiger partial charge in [-0.2, -0.15) is 0 Å². The van der Waals surface area contributed by atoms with Crippen LogP contribution < -0.4 is 5.73 Å². The molecular weight excluding hydrogens is 274 g/mol. The lowest BCUT2D eigenvalue weighted by atomic mass is 9.90. The van der Waals surface area contributed by atoms with Crippen LogP contribution >= 0.6 is 11.6 Å². The van der Waals surface area contributed by atoms with Crippen molar-refractivity contribution in [3.63, 3.8) is 0 Å². The first kappa shape index (κ1) is 15.2. The molecule has 1 aliphatic carbocycles. The Kier molecular flexibility index (Phi) is 4.28. The maximum Gasteiger partial charge on any atom is 0.306 e. The van der Waals surface area contributed by atoms with Crippen molar-refractivity contribution in [1.82, 2.24) is 0 Å². The largest absolute Gasteiger partial charge is 0.460 e. The molecule has 3 nitrogen and oxygen atoms in total. The molecule has 0 saturated heterocycles. The Morgan fingerprint density at radius 3 is 2.60 bits per heavy atom. The Balaban J connectivity index is 2.11. The van der Waals surface area contributed by atoms with Crippen LogP contribution in [0.5, 0.6) is 0 Å². The van der Waals surface area contributed by atoms with Crippen molar-refractivity contribution in [2.45, 2.75) is 51.6 Å². The fourth-order valence-electron chi connectivity index (χ4n) is 2.41. The summed E-state index contributed by atoms with van der Waals surface area (Å²) in [5.41, 5.74) is 7.08. The Morgan fingerprint density at radius 1 is 1.45 bits per heavy atom. The highest BCUT2D eigenvalue weighted by atomic mass is 35.5. The third kappa shape index (κ3) is 4.14. The van der Waals surface area contributed by atoms with Crippen molar-refractivity contribution < 1.29 is 9.53 Å². The molecule has 0 unspecified atom stereocenters. The number of carbonyl (C=O) groups excluding carboxylic acids is 1. The average molecular weight is 296 g/mol. The smallest absolute Gasteiger partial charge is 0.306 e. The van der Waals surface area contributed by atoms with Gasteiger partial charge in [0.05, 0.1) is 17.1 Å². The van der Waals surface area contributed by atoms with E-state index in [1.165, 1.54) is 0 Å². The van der Waals surface area contributed by atoms with Crippen molar-refractivity contribution in [2.75, 3.05) is 5.73 Å². The molecule has 4 heteroatoms. The average Bonchev–Trinajstić information content (AvgIpc) is 3.11. The third-order valence-corrected chi connectivity index (χ3v) is 3.79. The topological polar surface area (TPSA) is 52.3 Å². The second kappa shape index (κ2) is 5.65. The molecule has 110 valence electrons. The quantitative estimate of drug-likeness (QED) is 0.670. The van der Waals surface area contributed by atoms with E-state index in [4.69, 9.17) is 22.1 Å². The van der Waals surface area contributed by atoms with Crippen molar-refractivity contribution in [2.24, 2.45) is 5.92 Å². The predicted molar refractivity (Wildman–Crippen MR) is 81.8 cm³/mol. The van der Waals surface area contributed by atoms with Crippen LogP contribution in [0.15, 0.2) is 18.2 Å². The highest BCUT2D eigenvalue weighted by Gasteiger charge is 2.35. The van der Waals surface area contributed by atoms with Crippen LogP contribution in [-0.4, -0.2) is 11.6 Å². The first-order chi connectivity index (χ1) is 9.26. The van der Waals surface area contributed by atoms with E-state index >= 15 is 0 Å². The molecule has 1 aromatic rings. The van der Waals surface area contributed by atoms with Crippen LogP contribution in [0.25, 0.3) is 0 Å². The normalized spacial score (nSPS) is 16.8. The number of ether oxygens (including phenoxy) is 1. The second-order valence-corrected chi connectivity index (χ2v) is 6.92. The van der Waals surface area contributed by atoms with E-state index in [0.29, 0.717) is 23.0 Å². The highest BCUT2D eigenvalue weighted by molar-refractivity contribution is 6.33. The molecule has 0 aromatic heterocycles. The minimum absolute atomic E-state index is 0.150. The van der Waals surface area contributed by atoms with Gasteiger partial charge in [-0.15, -0.1) is 0 Å². The van der Waals surface area contributed by atoms with Gasteiger partial charge in [0, 0.05) is 0 Å². The second-order valence-electron chi connectivity index (χ2n) is 6.52. The van der Waals surface area contributed by atoms with E-state index in [-0.39, 0.29) is 11.9 Å². The molecule has 0 amide bonds. The highest BCUT2D eigenvalue weighted by Crippen LogP contribution is 2.45. The first-order valence-electron chi connectivity index (χ1n) is 7.03. The Labute approximate surface area is 125 Å². The first-order valence-corrected chi connectivity index (χ1v) is 7.41. The van der Waals surface area contributed by atoms with Crippen LogP contribution in [0.3, 0.4) is 0 Å². The molecule has 1 atom stereocenters. The Hall–Kier alpha value is -1.22. The Bertz CT molecular complexity index is 504. The van der Waals surface area contributed by atoms with Gasteiger partial charge in [-0.05, 0) is 63.1 Å². The number of carbonyl (C=O) groups is 1. The van der Waals surface area contributed by atoms with E-state index in [1.54, 1.807) is 6.07 Å². The number of hydrogen-bond acceptors (Lipinski definition) is 3. The summed E-state index contributed by atoms with van der Waals surface area (Å²) >= 11 is 5.96. The van der Waals surface area contributed by atoms with Crippen LogP contribution in [0.1, 0.15) is 51.5 Å². The van der Waals surface area contributed by atoms with E-state index < -0.39 is 5.60 Å².